The summed E-state index contributed by atoms with van der Waals surface area (Å²) in [5.41, 5.74) is 2.45. The summed E-state index contributed by atoms with van der Waals surface area (Å²) in [6, 6.07) is 0. The molecule has 1 aliphatic heterocycles. The second-order valence-electron chi connectivity index (χ2n) is 8.05. The zero-order chi connectivity index (χ0) is 12.7. The van der Waals surface area contributed by atoms with Crippen molar-refractivity contribution in [3.8, 4) is 0 Å². The summed E-state index contributed by atoms with van der Waals surface area (Å²) < 4.78 is 3.36. The van der Waals surface area contributed by atoms with Gasteiger partial charge in [0.2, 0.25) is 0 Å². The molecular formula is C17H30I-. The average Bonchev–Trinajstić information content (AvgIpc) is 2.72. The molecule has 0 aromatic rings. The molecule has 3 aliphatic rings. The summed E-state index contributed by atoms with van der Waals surface area (Å²) in [7, 11) is 0. The van der Waals surface area contributed by atoms with Gasteiger partial charge in [-0.3, -0.25) is 0 Å². The molecule has 1 heteroatoms. The second kappa shape index (κ2) is 4.93. The Morgan fingerprint density at radius 3 is 2.00 bits per heavy atom. The van der Waals surface area contributed by atoms with E-state index in [1.165, 1.54) is 32.1 Å². The van der Waals surface area contributed by atoms with Crippen LogP contribution in [0.15, 0.2) is 0 Å². The van der Waals surface area contributed by atoms with Crippen molar-refractivity contribution in [2.24, 2.45) is 16.2 Å². The van der Waals surface area contributed by atoms with Crippen molar-refractivity contribution in [2.45, 2.75) is 78.1 Å². The summed E-state index contributed by atoms with van der Waals surface area (Å²) in [5, 5.41) is 0. The van der Waals surface area contributed by atoms with Crippen LogP contribution in [0.4, 0.5) is 0 Å². The zero-order valence-electron chi connectivity index (χ0n) is 12.4. The maximum absolute atomic E-state index is 2.58. The van der Waals surface area contributed by atoms with Crippen LogP contribution in [-0.2, 0) is 0 Å². The molecule has 3 rings (SSSR count). The topological polar surface area (TPSA) is 0 Å². The molecular weight excluding hydrogens is 331 g/mol. The van der Waals surface area contributed by atoms with Crippen molar-refractivity contribution < 1.29 is 21.2 Å². The first kappa shape index (κ1) is 13.7. The summed E-state index contributed by atoms with van der Waals surface area (Å²) in [4.78, 5) is 0. The number of hydrogen-bond donors (Lipinski definition) is 0. The minimum atomic E-state index is 0.662. The normalized spacial score (nSPS) is 42.8. The third-order valence-corrected chi connectivity index (χ3v) is 10.7. The van der Waals surface area contributed by atoms with E-state index in [2.05, 4.69) is 13.8 Å². The van der Waals surface area contributed by atoms with E-state index in [0.717, 1.165) is 10.8 Å². The van der Waals surface area contributed by atoms with Crippen LogP contribution in [0.25, 0.3) is 0 Å². The van der Waals surface area contributed by atoms with E-state index in [-0.39, 0.29) is 0 Å². The third kappa shape index (κ3) is 2.50. The van der Waals surface area contributed by atoms with Gasteiger partial charge < -0.3 is 0 Å². The molecule has 0 unspecified atom stereocenters. The summed E-state index contributed by atoms with van der Waals surface area (Å²) in [6.07, 6.45) is 15.4. The zero-order valence-corrected chi connectivity index (χ0v) is 14.5. The first-order valence-electron chi connectivity index (χ1n) is 8.13. The molecule has 2 saturated carbocycles. The predicted octanol–water partition coefficient (Wildman–Crippen LogP) is 2.02. The van der Waals surface area contributed by atoms with Crippen LogP contribution in [0.3, 0.4) is 0 Å². The number of rotatable bonds is 3. The fourth-order valence-electron chi connectivity index (χ4n) is 4.76. The second-order valence-corrected chi connectivity index (χ2v) is 10.7. The average molecular weight is 361 g/mol. The van der Waals surface area contributed by atoms with Crippen LogP contribution in [0, 0.1) is 16.2 Å². The van der Waals surface area contributed by atoms with Crippen LogP contribution in [0.2, 0.25) is 0 Å². The SMILES string of the molecule is CCCCC1(C)CCC2(CC1)CCC1(C[I-]C1)C2. The Hall–Kier alpha value is 0.730. The van der Waals surface area contributed by atoms with E-state index < -0.39 is 0 Å². The van der Waals surface area contributed by atoms with E-state index >= 15 is 0 Å². The van der Waals surface area contributed by atoms with E-state index in [9.17, 15) is 0 Å². The van der Waals surface area contributed by atoms with Gasteiger partial charge in [-0.15, -0.1) is 0 Å². The fourth-order valence-corrected chi connectivity index (χ4v) is 8.12. The molecule has 18 heavy (non-hydrogen) atoms. The Balaban J connectivity index is 1.56. The van der Waals surface area contributed by atoms with Gasteiger partial charge in [0.05, 0.1) is 0 Å². The van der Waals surface area contributed by atoms with Crippen LogP contribution < -0.4 is 21.2 Å². The standard InChI is InChI=1S/C17H30I/c1-3-4-5-15(2)6-8-16(9-7-15)10-11-17(12-16)13-18-14-17/h3-14H2,1-2H3/q-1. The number of halogens is 1. The molecule has 3 fully saturated rings. The summed E-state index contributed by atoms with van der Waals surface area (Å²) in [6.45, 7) is 4.92. The monoisotopic (exact) mass is 361 g/mol. The molecule has 0 aromatic heterocycles. The summed E-state index contributed by atoms with van der Waals surface area (Å²) >= 11 is 0.662. The van der Waals surface area contributed by atoms with Crippen LogP contribution in [0.1, 0.15) is 78.1 Å². The Bertz CT molecular complexity index is 295. The molecule has 0 bridgehead atoms. The predicted molar refractivity (Wildman–Crippen MR) is 74.6 cm³/mol. The van der Waals surface area contributed by atoms with Gasteiger partial charge in [0.25, 0.3) is 0 Å². The number of alkyl halides is 2. The number of unbranched alkanes of at least 4 members (excludes halogenated alkanes) is 1. The third-order valence-electron chi connectivity index (χ3n) is 6.34. The van der Waals surface area contributed by atoms with E-state index in [4.69, 9.17) is 0 Å². The van der Waals surface area contributed by atoms with Gasteiger partial charge in [-0.25, -0.2) is 0 Å². The van der Waals surface area contributed by atoms with E-state index in [0.29, 0.717) is 26.6 Å². The van der Waals surface area contributed by atoms with Gasteiger partial charge >= 0.3 is 124 Å². The van der Waals surface area contributed by atoms with Gasteiger partial charge in [0, 0.05) is 0 Å². The molecule has 0 N–H and O–H groups in total. The van der Waals surface area contributed by atoms with Gasteiger partial charge in [-0.1, -0.05) is 0 Å². The molecule has 1 heterocycles. The van der Waals surface area contributed by atoms with Crippen molar-refractivity contribution in [3.63, 3.8) is 0 Å². The molecule has 0 aromatic carbocycles. The Kier molecular flexibility index (Phi) is 3.75. The van der Waals surface area contributed by atoms with Crippen molar-refractivity contribution >= 4 is 0 Å². The summed E-state index contributed by atoms with van der Waals surface area (Å²) in [5.74, 6) is 0. The molecule has 106 valence electrons. The minimum absolute atomic E-state index is 0.662. The van der Waals surface area contributed by atoms with E-state index in [1.54, 1.807) is 41.0 Å². The van der Waals surface area contributed by atoms with Crippen molar-refractivity contribution in [2.75, 3.05) is 8.86 Å². The molecule has 0 atom stereocenters. The van der Waals surface area contributed by atoms with Gasteiger partial charge in [0.1, 0.15) is 0 Å². The number of hydrogen-bond acceptors (Lipinski definition) is 0. The Morgan fingerprint density at radius 1 is 0.889 bits per heavy atom. The van der Waals surface area contributed by atoms with Crippen LogP contribution in [0.5, 0.6) is 0 Å². The molecule has 2 spiro atoms. The van der Waals surface area contributed by atoms with Crippen molar-refractivity contribution in [1.82, 2.24) is 0 Å². The quantitative estimate of drug-likeness (QED) is 0.533. The van der Waals surface area contributed by atoms with Gasteiger partial charge in [-0.2, -0.15) is 0 Å². The van der Waals surface area contributed by atoms with Crippen molar-refractivity contribution in [1.29, 1.82) is 0 Å². The fraction of sp³-hybridized carbons (Fsp3) is 1.00. The Morgan fingerprint density at radius 2 is 1.50 bits per heavy atom. The van der Waals surface area contributed by atoms with Crippen LogP contribution >= 0.6 is 0 Å². The van der Waals surface area contributed by atoms with Crippen LogP contribution in [-0.4, -0.2) is 8.86 Å². The van der Waals surface area contributed by atoms with E-state index in [1.807, 2.05) is 0 Å². The first-order valence-corrected chi connectivity index (χ1v) is 11.2. The molecule has 0 nitrogen and oxygen atoms in total. The molecule has 1 saturated heterocycles. The maximum atomic E-state index is 2.58. The van der Waals surface area contributed by atoms with Gasteiger partial charge in [-0.05, 0) is 0 Å². The van der Waals surface area contributed by atoms with Crippen molar-refractivity contribution in [3.05, 3.63) is 0 Å². The van der Waals surface area contributed by atoms with Gasteiger partial charge in [0.15, 0.2) is 0 Å². The molecule has 0 radical (unpaired) electrons. The Labute approximate surface area is 124 Å². The molecule has 0 amide bonds. The molecule has 2 aliphatic carbocycles. The first-order chi connectivity index (χ1) is 8.60.